The summed E-state index contributed by atoms with van der Waals surface area (Å²) in [6.45, 7) is 6.12. The predicted octanol–water partition coefficient (Wildman–Crippen LogP) is 1.91. The first-order valence-corrected chi connectivity index (χ1v) is 7.81. The zero-order valence-corrected chi connectivity index (χ0v) is 13.1. The summed E-state index contributed by atoms with van der Waals surface area (Å²) in [7, 11) is -2.09. The average Bonchev–Trinajstić information content (AvgIpc) is 2.38. The molecule has 6 heteroatoms. The Bertz CT molecular complexity index is 603. The van der Waals surface area contributed by atoms with E-state index in [0.717, 1.165) is 0 Å². The summed E-state index contributed by atoms with van der Waals surface area (Å²) < 4.78 is 31.5. The van der Waals surface area contributed by atoms with Crippen molar-refractivity contribution in [2.24, 2.45) is 0 Å². The molecule has 0 amide bonds. The Labute approximate surface area is 120 Å². The van der Waals surface area contributed by atoms with Crippen LogP contribution in [0, 0.1) is 18.3 Å². The molecule has 20 heavy (non-hydrogen) atoms. The molecule has 1 aromatic carbocycles. The first kappa shape index (κ1) is 16.6. The van der Waals surface area contributed by atoms with Gasteiger partial charge in [-0.2, -0.15) is 9.57 Å². The van der Waals surface area contributed by atoms with Crippen molar-refractivity contribution in [1.29, 1.82) is 5.26 Å². The predicted molar refractivity (Wildman–Crippen MR) is 76.8 cm³/mol. The average molecular weight is 296 g/mol. The second-order valence-corrected chi connectivity index (χ2v) is 6.85. The van der Waals surface area contributed by atoms with Crippen LogP contribution < -0.4 is 0 Å². The van der Waals surface area contributed by atoms with Gasteiger partial charge in [-0.15, -0.1) is 0 Å². The highest BCUT2D eigenvalue weighted by Crippen LogP contribution is 2.20. The minimum absolute atomic E-state index is 0.0646. The minimum atomic E-state index is -3.60. The van der Waals surface area contributed by atoms with E-state index < -0.39 is 10.0 Å². The van der Waals surface area contributed by atoms with Crippen molar-refractivity contribution in [3.63, 3.8) is 0 Å². The SMILES string of the molecule is Cc1ccc(C#N)cc1S(=O)(=O)N(C)CCOC(C)C. The molecule has 5 nitrogen and oxygen atoms in total. The van der Waals surface area contributed by atoms with Gasteiger partial charge in [-0.1, -0.05) is 6.07 Å². The summed E-state index contributed by atoms with van der Waals surface area (Å²) in [5, 5.41) is 8.88. The highest BCUT2D eigenvalue weighted by Gasteiger charge is 2.23. The van der Waals surface area contributed by atoms with E-state index in [-0.39, 0.29) is 17.5 Å². The van der Waals surface area contributed by atoms with Gasteiger partial charge in [0.1, 0.15) is 0 Å². The van der Waals surface area contributed by atoms with E-state index in [2.05, 4.69) is 0 Å². The van der Waals surface area contributed by atoms with Gasteiger partial charge in [-0.3, -0.25) is 0 Å². The van der Waals surface area contributed by atoms with E-state index in [4.69, 9.17) is 10.00 Å². The van der Waals surface area contributed by atoms with Gasteiger partial charge < -0.3 is 4.74 Å². The number of nitriles is 1. The van der Waals surface area contributed by atoms with Crippen molar-refractivity contribution >= 4 is 10.0 Å². The van der Waals surface area contributed by atoms with Crippen LogP contribution in [-0.4, -0.2) is 39.0 Å². The Kier molecular flexibility index (Phi) is 5.69. The van der Waals surface area contributed by atoms with Gasteiger partial charge in [0.2, 0.25) is 10.0 Å². The van der Waals surface area contributed by atoms with Gasteiger partial charge in [-0.25, -0.2) is 8.42 Å². The van der Waals surface area contributed by atoms with Crippen molar-refractivity contribution in [2.45, 2.75) is 31.8 Å². The van der Waals surface area contributed by atoms with E-state index >= 15 is 0 Å². The Morgan fingerprint density at radius 3 is 2.60 bits per heavy atom. The number of aryl methyl sites for hydroxylation is 1. The second kappa shape index (κ2) is 6.84. The maximum absolute atomic E-state index is 12.5. The number of likely N-dealkylation sites (N-methyl/N-ethyl adjacent to an activating group) is 1. The first-order chi connectivity index (χ1) is 9.28. The Hall–Kier alpha value is -1.42. The Balaban J connectivity index is 2.96. The number of hydrogen-bond donors (Lipinski definition) is 0. The first-order valence-electron chi connectivity index (χ1n) is 6.37. The van der Waals surface area contributed by atoms with Gasteiger partial charge in [0.25, 0.3) is 0 Å². The molecule has 0 fully saturated rings. The lowest BCUT2D eigenvalue weighted by atomic mass is 10.2. The molecule has 1 rings (SSSR count). The molecule has 0 aliphatic carbocycles. The number of benzene rings is 1. The third-order valence-corrected chi connectivity index (χ3v) is 4.86. The van der Waals surface area contributed by atoms with E-state index in [1.807, 2.05) is 19.9 Å². The molecule has 0 unspecified atom stereocenters. The van der Waals surface area contributed by atoms with Crippen molar-refractivity contribution in [3.8, 4) is 6.07 Å². The Morgan fingerprint density at radius 1 is 1.40 bits per heavy atom. The van der Waals surface area contributed by atoms with E-state index in [9.17, 15) is 8.42 Å². The monoisotopic (exact) mass is 296 g/mol. The van der Waals surface area contributed by atoms with Gasteiger partial charge in [0.15, 0.2) is 0 Å². The molecular weight excluding hydrogens is 276 g/mol. The second-order valence-electron chi connectivity index (χ2n) is 4.84. The van der Waals surface area contributed by atoms with Crippen molar-refractivity contribution in [1.82, 2.24) is 4.31 Å². The fraction of sp³-hybridized carbons (Fsp3) is 0.500. The van der Waals surface area contributed by atoms with E-state index in [1.165, 1.54) is 17.4 Å². The molecule has 0 spiro atoms. The zero-order valence-electron chi connectivity index (χ0n) is 12.3. The topological polar surface area (TPSA) is 70.4 Å². The molecule has 0 radical (unpaired) electrons. The fourth-order valence-corrected chi connectivity index (χ4v) is 3.05. The summed E-state index contributed by atoms with van der Waals surface area (Å²) in [5.74, 6) is 0. The molecular formula is C14H20N2O3S. The van der Waals surface area contributed by atoms with Crippen molar-refractivity contribution < 1.29 is 13.2 Å². The van der Waals surface area contributed by atoms with Gasteiger partial charge in [-0.05, 0) is 38.5 Å². The molecule has 110 valence electrons. The molecule has 0 aromatic heterocycles. The van der Waals surface area contributed by atoms with Gasteiger partial charge in [0, 0.05) is 13.6 Å². The summed E-state index contributed by atoms with van der Waals surface area (Å²) in [6.07, 6.45) is 0.0646. The fourth-order valence-electron chi connectivity index (χ4n) is 1.65. The van der Waals surface area contributed by atoms with Crippen molar-refractivity contribution in [3.05, 3.63) is 29.3 Å². The molecule has 0 saturated heterocycles. The highest BCUT2D eigenvalue weighted by atomic mass is 32.2. The largest absolute Gasteiger partial charge is 0.377 e. The van der Waals surface area contributed by atoms with Crippen LogP contribution in [0.3, 0.4) is 0 Å². The van der Waals surface area contributed by atoms with Crippen LogP contribution in [0.25, 0.3) is 0 Å². The summed E-state index contributed by atoms with van der Waals surface area (Å²) in [5.41, 5.74) is 0.960. The molecule has 0 atom stereocenters. The van der Waals surface area contributed by atoms with Crippen LogP contribution in [0.4, 0.5) is 0 Å². The zero-order chi connectivity index (χ0) is 15.3. The lowest BCUT2D eigenvalue weighted by Crippen LogP contribution is -2.31. The maximum atomic E-state index is 12.5. The smallest absolute Gasteiger partial charge is 0.243 e. The number of rotatable bonds is 6. The highest BCUT2D eigenvalue weighted by molar-refractivity contribution is 7.89. The maximum Gasteiger partial charge on any atom is 0.243 e. The molecule has 0 heterocycles. The van der Waals surface area contributed by atoms with Gasteiger partial charge in [0.05, 0.1) is 29.2 Å². The third kappa shape index (κ3) is 4.04. The number of ether oxygens (including phenoxy) is 1. The molecule has 0 aliphatic rings. The van der Waals surface area contributed by atoms with E-state index in [1.54, 1.807) is 19.1 Å². The lowest BCUT2D eigenvalue weighted by molar-refractivity contribution is 0.0737. The normalized spacial score (nSPS) is 11.8. The Morgan fingerprint density at radius 2 is 2.05 bits per heavy atom. The molecule has 1 aromatic rings. The summed E-state index contributed by atoms with van der Waals surface area (Å²) in [6, 6.07) is 6.61. The summed E-state index contributed by atoms with van der Waals surface area (Å²) >= 11 is 0. The summed E-state index contributed by atoms with van der Waals surface area (Å²) in [4.78, 5) is 0.170. The lowest BCUT2D eigenvalue weighted by Gasteiger charge is -2.19. The van der Waals surface area contributed by atoms with Crippen LogP contribution in [0.2, 0.25) is 0 Å². The van der Waals surface area contributed by atoms with Crippen LogP contribution in [-0.2, 0) is 14.8 Å². The van der Waals surface area contributed by atoms with E-state index in [0.29, 0.717) is 17.7 Å². The standard InChI is InChI=1S/C14H20N2O3S/c1-11(2)19-8-7-16(4)20(17,18)14-9-13(10-15)6-5-12(14)3/h5-6,9,11H,7-8H2,1-4H3. The number of nitrogens with zero attached hydrogens (tertiary/aromatic N) is 2. The quantitative estimate of drug-likeness (QED) is 0.804. The molecule has 0 aliphatic heterocycles. The third-order valence-electron chi connectivity index (χ3n) is 2.86. The van der Waals surface area contributed by atoms with Crippen LogP contribution in [0.1, 0.15) is 25.0 Å². The van der Waals surface area contributed by atoms with Gasteiger partial charge >= 0.3 is 0 Å². The minimum Gasteiger partial charge on any atom is -0.377 e. The molecule has 0 N–H and O–H groups in total. The number of hydrogen-bond acceptors (Lipinski definition) is 4. The van der Waals surface area contributed by atoms with Crippen molar-refractivity contribution in [2.75, 3.05) is 20.2 Å². The van der Waals surface area contributed by atoms with Crippen LogP contribution in [0.5, 0.6) is 0 Å². The van der Waals surface area contributed by atoms with Crippen LogP contribution >= 0.6 is 0 Å². The molecule has 0 saturated carbocycles. The molecule has 0 bridgehead atoms. The number of sulfonamides is 1. The van der Waals surface area contributed by atoms with Crippen LogP contribution in [0.15, 0.2) is 23.1 Å².